The Balaban J connectivity index is 2.03. The fourth-order valence-corrected chi connectivity index (χ4v) is 1.78. The largest absolute Gasteiger partial charge is 0.327 e. The third-order valence-corrected chi connectivity index (χ3v) is 2.71. The number of aromatic nitrogens is 4. The predicted octanol–water partition coefficient (Wildman–Crippen LogP) is 1.18. The minimum atomic E-state index is -0.596. The van der Waals surface area contributed by atoms with Crippen LogP contribution < -0.4 is 11.2 Å². The van der Waals surface area contributed by atoms with E-state index in [0.717, 1.165) is 5.56 Å². The highest BCUT2D eigenvalue weighted by Gasteiger charge is 2.03. The Kier molecular flexibility index (Phi) is 2.96. The molecule has 3 rings (SSSR count). The van der Waals surface area contributed by atoms with E-state index in [2.05, 4.69) is 19.9 Å². The van der Waals surface area contributed by atoms with Gasteiger partial charge in [-0.15, -0.1) is 0 Å². The molecule has 0 amide bonds. The number of aromatic amines is 2. The molecule has 2 heterocycles. The Bertz CT molecular complexity index is 894. The number of hydrogen-bond donors (Lipinski definition) is 2. The number of rotatable bonds is 2. The molecule has 6 heteroatoms. The molecule has 2 N–H and O–H groups in total. The smallest absolute Gasteiger partial charge is 0.290 e. The molecule has 0 saturated carbocycles. The van der Waals surface area contributed by atoms with Gasteiger partial charge in [0.15, 0.2) is 11.2 Å². The first-order chi connectivity index (χ1) is 9.72. The van der Waals surface area contributed by atoms with Crippen molar-refractivity contribution in [3.63, 3.8) is 0 Å². The van der Waals surface area contributed by atoms with Crippen LogP contribution in [0.2, 0.25) is 0 Å². The van der Waals surface area contributed by atoms with Crippen molar-refractivity contribution in [2.45, 2.75) is 0 Å². The van der Waals surface area contributed by atoms with Crippen molar-refractivity contribution >= 4 is 23.3 Å². The summed E-state index contributed by atoms with van der Waals surface area (Å²) in [6.07, 6.45) is 5.12. The fourth-order valence-electron chi connectivity index (χ4n) is 1.78. The Morgan fingerprint density at radius 2 is 1.80 bits per heavy atom. The highest BCUT2D eigenvalue weighted by molar-refractivity contribution is 5.72. The summed E-state index contributed by atoms with van der Waals surface area (Å²) in [5.41, 5.74) is 0.725. The summed E-state index contributed by atoms with van der Waals surface area (Å²) in [6, 6.07) is 9.71. The first kappa shape index (κ1) is 12.0. The SMILES string of the molecule is O=c1[nH]c(=O)c2ncc(C=Cc3ccccc3)nc2[nH]1. The lowest BCUT2D eigenvalue weighted by molar-refractivity contribution is 1.04. The molecule has 2 aromatic heterocycles. The summed E-state index contributed by atoms with van der Waals surface area (Å²) in [5, 5.41) is 0. The summed E-state index contributed by atoms with van der Waals surface area (Å²) in [7, 11) is 0. The first-order valence-corrected chi connectivity index (χ1v) is 5.95. The molecule has 20 heavy (non-hydrogen) atoms. The van der Waals surface area contributed by atoms with E-state index in [1.807, 2.05) is 36.4 Å². The number of nitrogens with one attached hydrogen (secondary N) is 2. The summed E-state index contributed by atoms with van der Waals surface area (Å²) < 4.78 is 0. The van der Waals surface area contributed by atoms with Crippen molar-refractivity contribution in [1.29, 1.82) is 0 Å². The molecule has 0 aliphatic heterocycles. The number of fused-ring (bicyclic) bond motifs is 1. The minimum absolute atomic E-state index is 0.112. The highest BCUT2D eigenvalue weighted by Crippen LogP contribution is 2.06. The van der Waals surface area contributed by atoms with E-state index < -0.39 is 11.2 Å². The number of benzene rings is 1. The van der Waals surface area contributed by atoms with E-state index >= 15 is 0 Å². The van der Waals surface area contributed by atoms with Gasteiger partial charge in [-0.3, -0.25) is 14.8 Å². The highest BCUT2D eigenvalue weighted by atomic mass is 16.2. The van der Waals surface area contributed by atoms with Crippen LogP contribution in [0.1, 0.15) is 11.3 Å². The van der Waals surface area contributed by atoms with Crippen LogP contribution in [0, 0.1) is 0 Å². The second kappa shape index (κ2) is 4.93. The summed E-state index contributed by atoms with van der Waals surface area (Å²) in [5.74, 6) is 0. The molecule has 0 aliphatic carbocycles. The fraction of sp³-hybridized carbons (Fsp3) is 0. The van der Waals surface area contributed by atoms with Crippen molar-refractivity contribution in [2.75, 3.05) is 0 Å². The van der Waals surface area contributed by atoms with Gasteiger partial charge in [0.1, 0.15) is 0 Å². The van der Waals surface area contributed by atoms with Gasteiger partial charge < -0.3 is 0 Å². The Labute approximate surface area is 112 Å². The van der Waals surface area contributed by atoms with Crippen molar-refractivity contribution < 1.29 is 0 Å². The maximum atomic E-state index is 11.5. The lowest BCUT2D eigenvalue weighted by Gasteiger charge is -1.97. The molecule has 0 atom stereocenters. The Hall–Kier alpha value is -3.02. The van der Waals surface area contributed by atoms with E-state index in [1.54, 1.807) is 6.08 Å². The molecule has 1 aromatic carbocycles. The van der Waals surface area contributed by atoms with E-state index in [-0.39, 0.29) is 11.2 Å². The zero-order valence-corrected chi connectivity index (χ0v) is 10.3. The van der Waals surface area contributed by atoms with Gasteiger partial charge in [-0.05, 0) is 11.6 Å². The van der Waals surface area contributed by atoms with Crippen LogP contribution >= 0.6 is 0 Å². The van der Waals surface area contributed by atoms with Gasteiger partial charge in [0.05, 0.1) is 11.9 Å². The molecule has 98 valence electrons. The van der Waals surface area contributed by atoms with Crippen molar-refractivity contribution in [3.8, 4) is 0 Å². The third kappa shape index (κ3) is 2.39. The average Bonchev–Trinajstić information content (AvgIpc) is 2.45. The van der Waals surface area contributed by atoms with Crippen molar-refractivity contribution in [1.82, 2.24) is 19.9 Å². The van der Waals surface area contributed by atoms with E-state index in [4.69, 9.17) is 0 Å². The summed E-state index contributed by atoms with van der Waals surface area (Å²) >= 11 is 0. The maximum absolute atomic E-state index is 11.5. The van der Waals surface area contributed by atoms with Crippen molar-refractivity contribution in [2.24, 2.45) is 0 Å². The van der Waals surface area contributed by atoms with Gasteiger partial charge in [-0.25, -0.2) is 14.8 Å². The average molecular weight is 266 g/mol. The monoisotopic (exact) mass is 266 g/mol. The topological polar surface area (TPSA) is 91.5 Å². The molecule has 3 aromatic rings. The lowest BCUT2D eigenvalue weighted by atomic mass is 10.2. The minimum Gasteiger partial charge on any atom is -0.290 e. The van der Waals surface area contributed by atoms with Crippen LogP contribution in [-0.2, 0) is 0 Å². The van der Waals surface area contributed by atoms with Crippen LogP contribution in [-0.4, -0.2) is 19.9 Å². The number of hydrogen-bond acceptors (Lipinski definition) is 4. The van der Waals surface area contributed by atoms with E-state index in [0.29, 0.717) is 5.69 Å². The molecular formula is C14H10N4O2. The second-order valence-electron chi connectivity index (χ2n) is 4.14. The van der Waals surface area contributed by atoms with Crippen LogP contribution in [0.4, 0.5) is 0 Å². The van der Waals surface area contributed by atoms with E-state index in [9.17, 15) is 9.59 Å². The normalized spacial score (nSPS) is 11.2. The standard InChI is InChI=1S/C14H10N4O2/c19-13-11-12(17-14(20)18-13)16-10(8-15-11)7-6-9-4-2-1-3-5-9/h1-8H,(H2,16,17,18,19,20). The summed E-state index contributed by atoms with van der Waals surface area (Å²) in [6.45, 7) is 0. The number of H-pyrrole nitrogens is 2. The Morgan fingerprint density at radius 3 is 2.60 bits per heavy atom. The molecule has 0 unspecified atom stereocenters. The maximum Gasteiger partial charge on any atom is 0.327 e. The van der Waals surface area contributed by atoms with Crippen LogP contribution in [0.5, 0.6) is 0 Å². The van der Waals surface area contributed by atoms with Crippen molar-refractivity contribution in [3.05, 3.63) is 68.6 Å². The van der Waals surface area contributed by atoms with Crippen LogP contribution in [0.25, 0.3) is 23.3 Å². The van der Waals surface area contributed by atoms with Gasteiger partial charge in [0, 0.05) is 0 Å². The van der Waals surface area contributed by atoms with Gasteiger partial charge in [-0.1, -0.05) is 36.4 Å². The molecule has 0 aliphatic rings. The van der Waals surface area contributed by atoms with Crippen LogP contribution in [0.3, 0.4) is 0 Å². The third-order valence-electron chi connectivity index (χ3n) is 2.71. The zero-order chi connectivity index (χ0) is 13.9. The quantitative estimate of drug-likeness (QED) is 0.728. The molecule has 0 fully saturated rings. The van der Waals surface area contributed by atoms with Gasteiger partial charge in [-0.2, -0.15) is 0 Å². The van der Waals surface area contributed by atoms with E-state index in [1.165, 1.54) is 6.20 Å². The molecule has 6 nitrogen and oxygen atoms in total. The first-order valence-electron chi connectivity index (χ1n) is 5.95. The number of nitrogens with zero attached hydrogens (tertiary/aromatic N) is 2. The Morgan fingerprint density at radius 1 is 1.00 bits per heavy atom. The van der Waals surface area contributed by atoms with Gasteiger partial charge in [0.25, 0.3) is 5.56 Å². The zero-order valence-electron chi connectivity index (χ0n) is 10.3. The lowest BCUT2D eigenvalue weighted by Crippen LogP contribution is -2.23. The molecule has 0 spiro atoms. The van der Waals surface area contributed by atoms with Gasteiger partial charge in [0.2, 0.25) is 0 Å². The molecular weight excluding hydrogens is 256 g/mol. The van der Waals surface area contributed by atoms with Crippen LogP contribution in [0.15, 0.2) is 46.1 Å². The molecule has 0 bridgehead atoms. The molecule has 0 radical (unpaired) electrons. The molecule has 0 saturated heterocycles. The predicted molar refractivity (Wildman–Crippen MR) is 76.1 cm³/mol. The van der Waals surface area contributed by atoms with Gasteiger partial charge >= 0.3 is 5.69 Å². The second-order valence-corrected chi connectivity index (χ2v) is 4.14. The summed E-state index contributed by atoms with van der Waals surface area (Å²) in [4.78, 5) is 35.4.